The largest absolute Gasteiger partial charge is 0.465 e. The van der Waals surface area contributed by atoms with Crippen LogP contribution in [-0.4, -0.2) is 24.5 Å². The molecule has 28 heavy (non-hydrogen) atoms. The third kappa shape index (κ3) is 2.28. The molecular weight excluding hydrogens is 406 g/mol. The van der Waals surface area contributed by atoms with Gasteiger partial charge in [0.25, 0.3) is 0 Å². The number of hydrogen-bond donors (Lipinski definition) is 2. The number of esters is 1. The number of cyclic esters (lactones) is 1. The van der Waals surface area contributed by atoms with Crippen molar-refractivity contribution in [1.29, 1.82) is 0 Å². The number of nitrogens with one attached hydrogen (secondary N) is 2. The van der Waals surface area contributed by atoms with E-state index < -0.39 is 29.2 Å². The van der Waals surface area contributed by atoms with Gasteiger partial charge in [0, 0.05) is 28.2 Å². The van der Waals surface area contributed by atoms with Gasteiger partial charge in [-0.25, -0.2) is 4.39 Å². The quantitative estimate of drug-likeness (QED) is 0.691. The lowest BCUT2D eigenvalue weighted by Gasteiger charge is -2.32. The van der Waals surface area contributed by atoms with Crippen LogP contribution in [0, 0.1) is 11.7 Å². The summed E-state index contributed by atoms with van der Waals surface area (Å²) in [4.78, 5) is 26.0. The van der Waals surface area contributed by atoms with E-state index in [0.29, 0.717) is 22.7 Å². The number of rotatable bonds is 1. The molecule has 8 heteroatoms. The number of carbonyl (C=O) groups is 2. The van der Waals surface area contributed by atoms with Crippen LogP contribution in [0.4, 0.5) is 10.1 Å². The van der Waals surface area contributed by atoms with E-state index in [1.165, 1.54) is 6.07 Å². The van der Waals surface area contributed by atoms with Gasteiger partial charge >= 0.3 is 5.97 Å². The molecule has 0 aromatic heterocycles. The van der Waals surface area contributed by atoms with Gasteiger partial charge in [0.1, 0.15) is 11.4 Å². The number of fused-ring (bicyclic) bond motifs is 3. The van der Waals surface area contributed by atoms with Crippen LogP contribution < -0.4 is 10.6 Å². The second kappa shape index (κ2) is 6.17. The first kappa shape index (κ1) is 17.9. The van der Waals surface area contributed by atoms with E-state index in [2.05, 4.69) is 10.6 Å². The Bertz CT molecular complexity index is 1030. The molecule has 4 atom stereocenters. The Hall–Kier alpha value is -2.15. The monoisotopic (exact) mass is 420 g/mol. The number of carbonyl (C=O) groups excluding carboxylic acids is 2. The Kier molecular flexibility index (Phi) is 3.95. The van der Waals surface area contributed by atoms with E-state index in [1.54, 1.807) is 30.3 Å². The normalized spacial score (nSPS) is 30.8. The molecule has 2 fully saturated rings. The SMILES string of the molecule is O=C1OCC[C@@H]2N[C@@]3(C(=O)Nc4cc(Cl)ccc43)[C@@H](c3cccc(Cl)c3F)[C@H]12. The van der Waals surface area contributed by atoms with Crippen molar-refractivity contribution in [2.45, 2.75) is 23.9 Å². The van der Waals surface area contributed by atoms with Crippen molar-refractivity contribution in [2.75, 3.05) is 11.9 Å². The van der Waals surface area contributed by atoms with Crippen molar-refractivity contribution in [2.24, 2.45) is 5.92 Å². The lowest BCUT2D eigenvalue weighted by atomic mass is 9.71. The summed E-state index contributed by atoms with van der Waals surface area (Å²) < 4.78 is 20.3. The summed E-state index contributed by atoms with van der Waals surface area (Å²) in [6.07, 6.45) is 0.535. The predicted octanol–water partition coefficient (Wildman–Crippen LogP) is 3.60. The summed E-state index contributed by atoms with van der Waals surface area (Å²) in [5.74, 6) is -2.96. The van der Waals surface area contributed by atoms with Crippen molar-refractivity contribution in [3.05, 3.63) is 63.4 Å². The third-order valence-corrected chi connectivity index (χ3v) is 6.47. The summed E-state index contributed by atoms with van der Waals surface area (Å²) in [6.45, 7) is 0.253. The highest BCUT2D eigenvalue weighted by atomic mass is 35.5. The van der Waals surface area contributed by atoms with Gasteiger partial charge in [-0.3, -0.25) is 14.9 Å². The number of hydrogen-bond acceptors (Lipinski definition) is 4. The van der Waals surface area contributed by atoms with Crippen molar-refractivity contribution in [3.8, 4) is 0 Å². The summed E-state index contributed by atoms with van der Waals surface area (Å²) in [6, 6.07) is 9.37. The molecule has 5 nitrogen and oxygen atoms in total. The van der Waals surface area contributed by atoms with Crippen LogP contribution in [0.2, 0.25) is 10.0 Å². The summed E-state index contributed by atoms with van der Waals surface area (Å²) in [7, 11) is 0. The topological polar surface area (TPSA) is 67.4 Å². The lowest BCUT2D eigenvalue weighted by Crippen LogP contribution is -2.49. The maximum absolute atomic E-state index is 15.1. The van der Waals surface area contributed by atoms with Gasteiger partial charge in [0.2, 0.25) is 5.91 Å². The summed E-state index contributed by atoms with van der Waals surface area (Å²) >= 11 is 12.1. The molecule has 0 radical (unpaired) electrons. The van der Waals surface area contributed by atoms with E-state index in [0.717, 1.165) is 0 Å². The Morgan fingerprint density at radius 3 is 2.82 bits per heavy atom. The predicted molar refractivity (Wildman–Crippen MR) is 102 cm³/mol. The molecule has 144 valence electrons. The van der Waals surface area contributed by atoms with Crippen LogP contribution in [0.1, 0.15) is 23.5 Å². The van der Waals surface area contributed by atoms with Crippen LogP contribution in [0.5, 0.6) is 0 Å². The molecule has 1 amide bonds. The fraction of sp³-hybridized carbons (Fsp3) is 0.300. The average Bonchev–Trinajstić information content (AvgIpc) is 3.14. The van der Waals surface area contributed by atoms with E-state index in [4.69, 9.17) is 27.9 Å². The van der Waals surface area contributed by atoms with Gasteiger partial charge < -0.3 is 10.1 Å². The van der Waals surface area contributed by atoms with Crippen molar-refractivity contribution >= 4 is 40.8 Å². The molecule has 0 saturated carbocycles. The average molecular weight is 421 g/mol. The number of halogens is 3. The van der Waals surface area contributed by atoms with Crippen LogP contribution >= 0.6 is 23.2 Å². The minimum atomic E-state index is -1.32. The van der Waals surface area contributed by atoms with E-state index in [-0.39, 0.29) is 29.1 Å². The highest BCUT2D eigenvalue weighted by Gasteiger charge is 2.65. The first-order chi connectivity index (χ1) is 13.4. The molecule has 0 bridgehead atoms. The van der Waals surface area contributed by atoms with Gasteiger partial charge in [0.15, 0.2) is 0 Å². The van der Waals surface area contributed by atoms with E-state index >= 15 is 4.39 Å². The number of anilines is 1. The molecule has 0 aliphatic carbocycles. The minimum absolute atomic E-state index is 0.0602. The van der Waals surface area contributed by atoms with Gasteiger partial charge in [-0.05, 0) is 30.2 Å². The second-order valence-corrected chi connectivity index (χ2v) is 8.15. The van der Waals surface area contributed by atoms with Gasteiger partial charge in [0.05, 0.1) is 17.5 Å². The highest BCUT2D eigenvalue weighted by Crippen LogP contribution is 2.56. The van der Waals surface area contributed by atoms with E-state index in [1.807, 2.05) is 0 Å². The Balaban J connectivity index is 1.78. The van der Waals surface area contributed by atoms with Crippen molar-refractivity contribution < 1.29 is 18.7 Å². The minimum Gasteiger partial charge on any atom is -0.465 e. The zero-order valence-corrected chi connectivity index (χ0v) is 16.0. The zero-order valence-electron chi connectivity index (χ0n) is 14.5. The molecule has 0 unspecified atom stereocenters. The second-order valence-electron chi connectivity index (χ2n) is 7.31. The number of amides is 1. The van der Waals surface area contributed by atoms with Crippen molar-refractivity contribution in [1.82, 2.24) is 5.32 Å². The summed E-state index contributed by atoms with van der Waals surface area (Å²) in [5, 5.41) is 6.60. The fourth-order valence-electron chi connectivity index (χ4n) is 4.85. The molecule has 3 aliphatic heterocycles. The number of ether oxygens (including phenoxy) is 1. The molecule has 2 N–H and O–H groups in total. The standard InChI is InChI=1S/C20H15Cl2FN2O3/c21-9-4-5-11-14(8-9)24-19(27)20(11)16(10-2-1-3-12(22)17(10)23)15-13(25-20)6-7-28-18(15)26/h1-5,8,13,15-16,25H,6-7H2,(H,24,27)/t13-,15+,16-,20+/m0/s1. The maximum atomic E-state index is 15.1. The third-order valence-electron chi connectivity index (χ3n) is 5.95. The molecule has 2 aromatic carbocycles. The van der Waals surface area contributed by atoms with Crippen LogP contribution in [0.25, 0.3) is 0 Å². The Morgan fingerprint density at radius 2 is 2.00 bits per heavy atom. The highest BCUT2D eigenvalue weighted by molar-refractivity contribution is 6.31. The first-order valence-electron chi connectivity index (χ1n) is 8.93. The molecule has 5 rings (SSSR count). The molecule has 3 heterocycles. The molecule has 3 aliphatic rings. The fourth-order valence-corrected chi connectivity index (χ4v) is 5.21. The maximum Gasteiger partial charge on any atom is 0.311 e. The summed E-state index contributed by atoms with van der Waals surface area (Å²) in [5.41, 5.74) is 0.0756. The Labute approximate surface area is 170 Å². The van der Waals surface area contributed by atoms with E-state index in [9.17, 15) is 9.59 Å². The van der Waals surface area contributed by atoms with Crippen molar-refractivity contribution in [3.63, 3.8) is 0 Å². The zero-order chi connectivity index (χ0) is 19.6. The van der Waals surface area contributed by atoms with Crippen LogP contribution in [-0.2, 0) is 19.9 Å². The van der Waals surface area contributed by atoms with Gasteiger partial charge in [-0.15, -0.1) is 0 Å². The first-order valence-corrected chi connectivity index (χ1v) is 9.69. The molecule has 2 aromatic rings. The van der Waals surface area contributed by atoms with Crippen LogP contribution in [0.15, 0.2) is 36.4 Å². The molecular formula is C20H15Cl2FN2O3. The van der Waals surface area contributed by atoms with Gasteiger partial charge in [-0.2, -0.15) is 0 Å². The lowest BCUT2D eigenvalue weighted by molar-refractivity contribution is -0.153. The smallest absolute Gasteiger partial charge is 0.311 e. The van der Waals surface area contributed by atoms with Gasteiger partial charge in [-0.1, -0.05) is 41.4 Å². The molecule has 2 saturated heterocycles. The number of benzene rings is 2. The Morgan fingerprint density at radius 1 is 1.18 bits per heavy atom. The van der Waals surface area contributed by atoms with Crippen LogP contribution in [0.3, 0.4) is 0 Å². The molecule has 1 spiro atoms.